The van der Waals surface area contributed by atoms with Crippen molar-refractivity contribution >= 4 is 5.91 Å². The highest BCUT2D eigenvalue weighted by molar-refractivity contribution is 5.78. The van der Waals surface area contributed by atoms with Crippen molar-refractivity contribution in [3.8, 4) is 0 Å². The van der Waals surface area contributed by atoms with E-state index in [1.807, 2.05) is 30.8 Å². The van der Waals surface area contributed by atoms with Gasteiger partial charge in [-0.3, -0.25) is 4.79 Å². The summed E-state index contributed by atoms with van der Waals surface area (Å²) in [6, 6.07) is 0.339. The van der Waals surface area contributed by atoms with Crippen LogP contribution in [0.5, 0.6) is 0 Å². The molecule has 0 unspecified atom stereocenters. The van der Waals surface area contributed by atoms with Crippen LogP contribution in [0.4, 0.5) is 0 Å². The topological polar surface area (TPSA) is 49.6 Å². The summed E-state index contributed by atoms with van der Waals surface area (Å²) in [4.78, 5) is 15.6. The highest BCUT2D eigenvalue weighted by Crippen LogP contribution is 2.15. The lowest BCUT2D eigenvalue weighted by Gasteiger charge is -2.38. The normalized spacial score (nSPS) is 28.2. The number of carbonyl (C=O) groups excluding carboxylic acids is 1. The molecule has 4 heteroatoms. The zero-order valence-electron chi connectivity index (χ0n) is 9.36. The van der Waals surface area contributed by atoms with Gasteiger partial charge in [0.2, 0.25) is 5.91 Å². The summed E-state index contributed by atoms with van der Waals surface area (Å²) in [5, 5.41) is 0. The third-order valence-electron chi connectivity index (χ3n) is 2.82. The first-order valence-corrected chi connectivity index (χ1v) is 5.22. The van der Waals surface area contributed by atoms with Crippen molar-refractivity contribution in [3.05, 3.63) is 0 Å². The quantitative estimate of drug-likeness (QED) is 0.675. The molecule has 0 aromatic carbocycles. The Hall–Kier alpha value is -0.610. The van der Waals surface area contributed by atoms with Gasteiger partial charge in [0.15, 0.2) is 0 Å². The van der Waals surface area contributed by atoms with E-state index in [4.69, 9.17) is 5.73 Å². The molecule has 1 rings (SSSR count). The molecule has 1 heterocycles. The highest BCUT2D eigenvalue weighted by Gasteiger charge is 2.28. The second kappa shape index (κ2) is 4.75. The molecule has 0 saturated carbocycles. The molecule has 82 valence electrons. The van der Waals surface area contributed by atoms with Crippen molar-refractivity contribution in [3.63, 3.8) is 0 Å². The summed E-state index contributed by atoms with van der Waals surface area (Å²) in [5.41, 5.74) is 5.93. The average molecular weight is 199 g/mol. The maximum Gasteiger partial charge on any atom is 0.237 e. The fraction of sp³-hybridized carbons (Fsp3) is 0.900. The number of hydrogen-bond acceptors (Lipinski definition) is 3. The number of nitrogens with two attached hydrogens (primary N) is 1. The predicted molar refractivity (Wildman–Crippen MR) is 56.9 cm³/mol. The van der Waals surface area contributed by atoms with E-state index < -0.39 is 0 Å². The van der Waals surface area contributed by atoms with Gasteiger partial charge in [0.25, 0.3) is 0 Å². The Bertz CT molecular complexity index is 206. The van der Waals surface area contributed by atoms with E-state index in [2.05, 4.69) is 0 Å². The van der Waals surface area contributed by atoms with E-state index in [9.17, 15) is 4.79 Å². The summed E-state index contributed by atoms with van der Waals surface area (Å²) in [6.45, 7) is 3.38. The molecule has 1 amide bonds. The second-order valence-corrected chi connectivity index (χ2v) is 4.37. The number of rotatable bonds is 2. The van der Waals surface area contributed by atoms with Gasteiger partial charge in [-0.1, -0.05) is 0 Å². The molecule has 0 aromatic rings. The van der Waals surface area contributed by atoms with Crippen LogP contribution in [-0.4, -0.2) is 55.0 Å². The number of amides is 1. The van der Waals surface area contributed by atoms with Gasteiger partial charge in [-0.25, -0.2) is 0 Å². The largest absolute Gasteiger partial charge is 0.337 e. The Morgan fingerprint density at radius 2 is 2.21 bits per heavy atom. The standard InChI is InChI=1S/C10H21N3O/c1-8-9(11)5-4-6-13(8)10(14)7-12(2)3/h8-9H,4-7,11H2,1-3H3/t8-,9-/m1/s1. The lowest BCUT2D eigenvalue weighted by molar-refractivity contribution is -0.135. The van der Waals surface area contributed by atoms with Crippen molar-refractivity contribution in [2.45, 2.75) is 31.8 Å². The first-order chi connectivity index (χ1) is 6.52. The molecule has 0 aliphatic carbocycles. The highest BCUT2D eigenvalue weighted by atomic mass is 16.2. The fourth-order valence-electron chi connectivity index (χ4n) is 1.89. The van der Waals surface area contributed by atoms with Crippen LogP contribution in [0.1, 0.15) is 19.8 Å². The van der Waals surface area contributed by atoms with E-state index in [1.165, 1.54) is 0 Å². The molecule has 0 spiro atoms. The molecular formula is C10H21N3O. The minimum absolute atomic E-state index is 0.148. The van der Waals surface area contributed by atoms with Gasteiger partial charge in [-0.2, -0.15) is 0 Å². The smallest absolute Gasteiger partial charge is 0.237 e. The molecule has 2 atom stereocenters. The number of likely N-dealkylation sites (N-methyl/N-ethyl adjacent to an activating group) is 1. The monoisotopic (exact) mass is 199 g/mol. The van der Waals surface area contributed by atoms with E-state index in [0.29, 0.717) is 6.54 Å². The Kier molecular flexibility index (Phi) is 3.89. The zero-order chi connectivity index (χ0) is 10.7. The molecule has 14 heavy (non-hydrogen) atoms. The van der Waals surface area contributed by atoms with Crippen molar-refractivity contribution in [1.29, 1.82) is 0 Å². The third kappa shape index (κ3) is 2.69. The van der Waals surface area contributed by atoms with Crippen LogP contribution in [0.3, 0.4) is 0 Å². The second-order valence-electron chi connectivity index (χ2n) is 4.37. The molecule has 0 aromatic heterocycles. The van der Waals surface area contributed by atoms with Crippen molar-refractivity contribution in [2.75, 3.05) is 27.2 Å². The lowest BCUT2D eigenvalue weighted by atomic mass is 9.98. The number of likely N-dealkylation sites (tertiary alicyclic amines) is 1. The van der Waals surface area contributed by atoms with Gasteiger partial charge < -0.3 is 15.5 Å². The van der Waals surface area contributed by atoms with Crippen molar-refractivity contribution in [1.82, 2.24) is 9.80 Å². The Labute approximate surface area is 86.0 Å². The van der Waals surface area contributed by atoms with Crippen molar-refractivity contribution < 1.29 is 4.79 Å². The van der Waals surface area contributed by atoms with Gasteiger partial charge in [0.1, 0.15) is 0 Å². The summed E-state index contributed by atoms with van der Waals surface area (Å²) < 4.78 is 0. The van der Waals surface area contributed by atoms with E-state index >= 15 is 0 Å². The summed E-state index contributed by atoms with van der Waals surface area (Å²) in [5.74, 6) is 0.192. The minimum Gasteiger partial charge on any atom is -0.337 e. The summed E-state index contributed by atoms with van der Waals surface area (Å²) >= 11 is 0. The van der Waals surface area contributed by atoms with Gasteiger partial charge in [0, 0.05) is 18.6 Å². The molecule has 2 N–H and O–H groups in total. The molecule has 0 bridgehead atoms. The van der Waals surface area contributed by atoms with E-state index in [-0.39, 0.29) is 18.0 Å². The van der Waals surface area contributed by atoms with Gasteiger partial charge in [-0.05, 0) is 33.9 Å². The number of piperidine rings is 1. The Morgan fingerprint density at radius 3 is 2.79 bits per heavy atom. The molecule has 1 saturated heterocycles. The molecule has 1 fully saturated rings. The molecular weight excluding hydrogens is 178 g/mol. The number of nitrogens with zero attached hydrogens (tertiary/aromatic N) is 2. The van der Waals surface area contributed by atoms with Crippen LogP contribution in [0, 0.1) is 0 Å². The van der Waals surface area contributed by atoms with Crippen LogP contribution in [0.2, 0.25) is 0 Å². The first kappa shape index (κ1) is 11.5. The van der Waals surface area contributed by atoms with Crippen LogP contribution in [-0.2, 0) is 4.79 Å². The average Bonchev–Trinajstić information content (AvgIpc) is 2.08. The Balaban J connectivity index is 2.53. The van der Waals surface area contributed by atoms with Crippen LogP contribution >= 0.6 is 0 Å². The molecule has 1 aliphatic heterocycles. The van der Waals surface area contributed by atoms with Crippen LogP contribution in [0.15, 0.2) is 0 Å². The maximum absolute atomic E-state index is 11.8. The van der Waals surface area contributed by atoms with E-state index in [0.717, 1.165) is 19.4 Å². The first-order valence-electron chi connectivity index (χ1n) is 5.22. The fourth-order valence-corrected chi connectivity index (χ4v) is 1.89. The summed E-state index contributed by atoms with van der Waals surface area (Å²) in [7, 11) is 3.82. The Morgan fingerprint density at radius 1 is 1.57 bits per heavy atom. The van der Waals surface area contributed by atoms with Crippen LogP contribution in [0.25, 0.3) is 0 Å². The number of hydrogen-bond donors (Lipinski definition) is 1. The van der Waals surface area contributed by atoms with Gasteiger partial charge >= 0.3 is 0 Å². The lowest BCUT2D eigenvalue weighted by Crippen LogP contribution is -2.54. The molecule has 1 aliphatic rings. The van der Waals surface area contributed by atoms with Crippen LogP contribution < -0.4 is 5.73 Å². The van der Waals surface area contributed by atoms with Gasteiger partial charge in [0.05, 0.1) is 6.54 Å². The predicted octanol–water partition coefficient (Wildman–Crippen LogP) is -0.114. The van der Waals surface area contributed by atoms with E-state index in [1.54, 1.807) is 0 Å². The maximum atomic E-state index is 11.8. The van der Waals surface area contributed by atoms with Crippen molar-refractivity contribution in [2.24, 2.45) is 5.73 Å². The van der Waals surface area contributed by atoms with Gasteiger partial charge in [-0.15, -0.1) is 0 Å². The third-order valence-corrected chi connectivity index (χ3v) is 2.82. The SMILES string of the molecule is C[C@@H]1[C@H](N)CCCN1C(=O)CN(C)C. The summed E-state index contributed by atoms with van der Waals surface area (Å²) in [6.07, 6.45) is 2.07. The molecule has 4 nitrogen and oxygen atoms in total. The number of carbonyl (C=O) groups is 1. The molecule has 0 radical (unpaired) electrons. The minimum atomic E-state index is 0.148. The zero-order valence-corrected chi connectivity index (χ0v) is 9.36.